The molecular weight excluding hydrogens is 344 g/mol. The van der Waals surface area contributed by atoms with Gasteiger partial charge in [0, 0.05) is 44.2 Å². The molecule has 0 aromatic heterocycles. The largest absolute Gasteiger partial charge is 0.322 e. The average molecular weight is 370 g/mol. The Hall–Kier alpha value is -2.25. The van der Waals surface area contributed by atoms with E-state index in [1.165, 1.54) is 5.56 Å². The molecule has 2 unspecified atom stereocenters. The number of nitrogens with zero attached hydrogens (tertiary/aromatic N) is 2. The van der Waals surface area contributed by atoms with Crippen molar-refractivity contribution in [3.63, 3.8) is 0 Å². The van der Waals surface area contributed by atoms with E-state index in [0.29, 0.717) is 24.6 Å². The van der Waals surface area contributed by atoms with Crippen LogP contribution in [0.2, 0.25) is 0 Å². The van der Waals surface area contributed by atoms with Gasteiger partial charge in [0.1, 0.15) is 6.04 Å². The number of imide groups is 1. The van der Waals surface area contributed by atoms with Gasteiger partial charge in [-0.05, 0) is 43.5 Å². The van der Waals surface area contributed by atoms with E-state index < -0.39 is 6.04 Å². The molecule has 144 valence electrons. The number of rotatable bonds is 3. The van der Waals surface area contributed by atoms with Crippen LogP contribution in [0.5, 0.6) is 0 Å². The summed E-state index contributed by atoms with van der Waals surface area (Å²) in [6, 6.07) is 5.98. The number of piperidine rings is 1. The first-order chi connectivity index (χ1) is 13.0. The van der Waals surface area contributed by atoms with E-state index in [1.54, 1.807) is 4.90 Å². The molecule has 0 spiro atoms. The smallest absolute Gasteiger partial charge is 0.255 e. The van der Waals surface area contributed by atoms with E-state index in [2.05, 4.69) is 28.5 Å². The van der Waals surface area contributed by atoms with Crippen LogP contribution < -0.4 is 10.6 Å². The van der Waals surface area contributed by atoms with Gasteiger partial charge in [-0.2, -0.15) is 0 Å². The number of hydrogen-bond acceptors (Lipinski definition) is 5. The summed E-state index contributed by atoms with van der Waals surface area (Å²) in [4.78, 5) is 40.4. The molecule has 2 N–H and O–H groups in total. The second-order valence-corrected chi connectivity index (χ2v) is 7.75. The van der Waals surface area contributed by atoms with Crippen molar-refractivity contribution in [3.05, 3.63) is 34.9 Å². The Morgan fingerprint density at radius 1 is 1.15 bits per heavy atom. The predicted molar refractivity (Wildman–Crippen MR) is 99.8 cm³/mol. The molecule has 3 heterocycles. The lowest BCUT2D eigenvalue weighted by Gasteiger charge is -2.29. The molecular formula is C20H26N4O3. The summed E-state index contributed by atoms with van der Waals surface area (Å²) in [7, 11) is 0. The molecule has 1 aromatic carbocycles. The van der Waals surface area contributed by atoms with Gasteiger partial charge in [-0.25, -0.2) is 0 Å². The first-order valence-electron chi connectivity index (χ1n) is 9.74. The summed E-state index contributed by atoms with van der Waals surface area (Å²) >= 11 is 0. The predicted octanol–water partition coefficient (Wildman–Crippen LogP) is 0.631. The van der Waals surface area contributed by atoms with Crippen LogP contribution in [0.3, 0.4) is 0 Å². The minimum atomic E-state index is -0.553. The highest BCUT2D eigenvalue weighted by molar-refractivity contribution is 6.05. The second kappa shape index (κ2) is 7.40. The molecule has 2 saturated heterocycles. The maximum Gasteiger partial charge on any atom is 0.255 e. The van der Waals surface area contributed by atoms with Gasteiger partial charge in [0.2, 0.25) is 11.8 Å². The van der Waals surface area contributed by atoms with Crippen LogP contribution >= 0.6 is 0 Å². The summed E-state index contributed by atoms with van der Waals surface area (Å²) < 4.78 is 0. The molecule has 4 rings (SSSR count). The Morgan fingerprint density at radius 3 is 2.81 bits per heavy atom. The molecule has 7 heteroatoms. The monoisotopic (exact) mass is 370 g/mol. The lowest BCUT2D eigenvalue weighted by atomic mass is 10.0. The van der Waals surface area contributed by atoms with Gasteiger partial charge < -0.3 is 10.2 Å². The maximum absolute atomic E-state index is 12.8. The number of nitrogens with one attached hydrogen (secondary N) is 2. The van der Waals surface area contributed by atoms with E-state index in [1.807, 2.05) is 12.1 Å². The number of amides is 3. The number of carbonyl (C=O) groups excluding carboxylic acids is 3. The number of fused-ring (bicyclic) bond motifs is 1. The minimum Gasteiger partial charge on any atom is -0.322 e. The molecule has 2 fully saturated rings. The van der Waals surface area contributed by atoms with Crippen molar-refractivity contribution in [1.29, 1.82) is 0 Å². The van der Waals surface area contributed by atoms with Crippen LogP contribution in [0, 0.1) is 0 Å². The Labute approximate surface area is 159 Å². The Balaban J connectivity index is 1.49. The summed E-state index contributed by atoms with van der Waals surface area (Å²) in [5.41, 5.74) is 2.84. The van der Waals surface area contributed by atoms with Crippen molar-refractivity contribution < 1.29 is 14.4 Å². The van der Waals surface area contributed by atoms with Crippen molar-refractivity contribution in [3.8, 4) is 0 Å². The van der Waals surface area contributed by atoms with Crippen LogP contribution in [-0.4, -0.2) is 59.2 Å². The third-order valence-corrected chi connectivity index (χ3v) is 5.91. The van der Waals surface area contributed by atoms with Crippen molar-refractivity contribution in [1.82, 2.24) is 20.4 Å². The molecule has 2 atom stereocenters. The molecule has 0 aliphatic carbocycles. The van der Waals surface area contributed by atoms with E-state index in [4.69, 9.17) is 0 Å². The van der Waals surface area contributed by atoms with Crippen LogP contribution in [0.15, 0.2) is 18.2 Å². The third kappa shape index (κ3) is 3.61. The highest BCUT2D eigenvalue weighted by Crippen LogP contribution is 2.28. The third-order valence-electron chi connectivity index (χ3n) is 5.91. The zero-order valence-corrected chi connectivity index (χ0v) is 15.7. The minimum absolute atomic E-state index is 0.113. The normalized spacial score (nSPS) is 26.7. The van der Waals surface area contributed by atoms with Crippen molar-refractivity contribution in [2.45, 2.75) is 51.4 Å². The standard InChI is InChI=1S/C20H26N4O3/c1-13-6-7-21-8-9-23(13)11-14-2-3-16-15(10-14)12-24(20(16)27)17-4-5-18(25)22-19(17)26/h2-3,10,13,17,21H,4-9,11-12H2,1H3,(H,22,25,26). The summed E-state index contributed by atoms with van der Waals surface area (Å²) in [6.07, 6.45) is 1.81. The molecule has 7 nitrogen and oxygen atoms in total. The number of carbonyl (C=O) groups is 3. The van der Waals surface area contributed by atoms with Gasteiger partial charge in [0.15, 0.2) is 0 Å². The van der Waals surface area contributed by atoms with Crippen molar-refractivity contribution >= 4 is 17.7 Å². The lowest BCUT2D eigenvalue weighted by molar-refractivity contribution is -0.136. The Morgan fingerprint density at radius 2 is 2.00 bits per heavy atom. The van der Waals surface area contributed by atoms with Gasteiger partial charge >= 0.3 is 0 Å². The molecule has 0 bridgehead atoms. The zero-order chi connectivity index (χ0) is 19.0. The van der Waals surface area contributed by atoms with E-state index in [9.17, 15) is 14.4 Å². The fraction of sp³-hybridized carbons (Fsp3) is 0.550. The quantitative estimate of drug-likeness (QED) is 0.763. The topological polar surface area (TPSA) is 81.8 Å². The molecule has 3 amide bonds. The van der Waals surface area contributed by atoms with Gasteiger partial charge in [-0.3, -0.25) is 24.6 Å². The van der Waals surface area contributed by atoms with Gasteiger partial charge in [-0.1, -0.05) is 12.1 Å². The first-order valence-corrected chi connectivity index (χ1v) is 9.74. The summed E-state index contributed by atoms with van der Waals surface area (Å²) in [6.45, 7) is 6.62. The molecule has 3 aliphatic rings. The maximum atomic E-state index is 12.8. The molecule has 1 aromatic rings. The van der Waals surface area contributed by atoms with Gasteiger partial charge in [0.25, 0.3) is 5.91 Å². The van der Waals surface area contributed by atoms with Crippen molar-refractivity contribution in [2.24, 2.45) is 0 Å². The molecule has 0 radical (unpaired) electrons. The van der Waals surface area contributed by atoms with Gasteiger partial charge in [-0.15, -0.1) is 0 Å². The second-order valence-electron chi connectivity index (χ2n) is 7.75. The molecule has 27 heavy (non-hydrogen) atoms. The first kappa shape index (κ1) is 18.1. The van der Waals surface area contributed by atoms with Crippen LogP contribution in [0.1, 0.15) is 47.7 Å². The lowest BCUT2D eigenvalue weighted by Crippen LogP contribution is -2.52. The Kier molecular flexibility index (Phi) is 4.97. The van der Waals surface area contributed by atoms with Gasteiger partial charge in [0.05, 0.1) is 0 Å². The van der Waals surface area contributed by atoms with E-state index in [0.717, 1.165) is 38.2 Å². The van der Waals surface area contributed by atoms with Crippen LogP contribution in [0.25, 0.3) is 0 Å². The fourth-order valence-electron chi connectivity index (χ4n) is 4.26. The Bertz CT molecular complexity index is 778. The van der Waals surface area contributed by atoms with Crippen LogP contribution in [0.4, 0.5) is 0 Å². The molecule has 3 aliphatic heterocycles. The zero-order valence-electron chi connectivity index (χ0n) is 15.7. The average Bonchev–Trinajstić information content (AvgIpc) is 2.81. The highest BCUT2D eigenvalue weighted by atomic mass is 16.2. The highest BCUT2D eigenvalue weighted by Gasteiger charge is 2.39. The van der Waals surface area contributed by atoms with E-state index in [-0.39, 0.29) is 24.1 Å². The van der Waals surface area contributed by atoms with E-state index >= 15 is 0 Å². The SMILES string of the molecule is CC1CCNCCN1Cc1ccc2c(c1)CN(C1CCC(=O)NC1=O)C2=O. The number of benzene rings is 1. The summed E-state index contributed by atoms with van der Waals surface area (Å²) in [5.74, 6) is -0.735. The fourth-order valence-corrected chi connectivity index (χ4v) is 4.26. The van der Waals surface area contributed by atoms with Crippen LogP contribution in [-0.2, 0) is 22.7 Å². The number of hydrogen-bond donors (Lipinski definition) is 2. The van der Waals surface area contributed by atoms with Crippen molar-refractivity contribution in [2.75, 3.05) is 19.6 Å². The molecule has 0 saturated carbocycles. The summed E-state index contributed by atoms with van der Waals surface area (Å²) in [5, 5.41) is 5.78.